The minimum atomic E-state index is -0.0466. The topological polar surface area (TPSA) is 59.0 Å². The number of aromatic nitrogens is 3. The average Bonchev–Trinajstić information content (AvgIpc) is 2.91. The molecule has 0 fully saturated rings. The predicted octanol–water partition coefficient (Wildman–Crippen LogP) is 4.39. The summed E-state index contributed by atoms with van der Waals surface area (Å²) in [6.45, 7) is 3.10. The minimum Gasteiger partial charge on any atom is -0.338 e. The predicted molar refractivity (Wildman–Crippen MR) is 110 cm³/mol. The van der Waals surface area contributed by atoms with E-state index in [0.717, 1.165) is 28.3 Å². The Kier molecular flexibility index (Phi) is 5.29. The first-order valence-corrected chi connectivity index (χ1v) is 9.80. The second-order valence-electron chi connectivity index (χ2n) is 6.71. The molecule has 1 aliphatic rings. The van der Waals surface area contributed by atoms with Crippen LogP contribution in [0.1, 0.15) is 27.4 Å². The van der Waals surface area contributed by atoms with Gasteiger partial charge in [0.1, 0.15) is 11.0 Å². The first-order chi connectivity index (χ1) is 13.5. The number of carbonyl (C=O) groups excluding carboxylic acids is 1. The van der Waals surface area contributed by atoms with Gasteiger partial charge in [0, 0.05) is 47.6 Å². The molecular weight excluding hydrogens is 395 g/mol. The van der Waals surface area contributed by atoms with E-state index >= 15 is 0 Å². The second kappa shape index (κ2) is 7.86. The fourth-order valence-corrected chi connectivity index (χ4v) is 3.69. The van der Waals surface area contributed by atoms with Gasteiger partial charge in [0.2, 0.25) is 0 Å². The van der Waals surface area contributed by atoms with Gasteiger partial charge in [0.15, 0.2) is 0 Å². The zero-order valence-electron chi connectivity index (χ0n) is 15.3. The Labute approximate surface area is 173 Å². The van der Waals surface area contributed by atoms with Gasteiger partial charge in [0.25, 0.3) is 5.91 Å². The number of rotatable bonds is 2. The molecule has 7 heteroatoms. The number of benzene rings is 1. The number of fused-ring (bicyclic) bond motifs is 1. The van der Waals surface area contributed by atoms with Gasteiger partial charge in [-0.1, -0.05) is 35.3 Å². The van der Waals surface area contributed by atoms with Crippen molar-refractivity contribution in [1.82, 2.24) is 19.9 Å². The third-order valence-corrected chi connectivity index (χ3v) is 5.31. The molecule has 0 unspecified atom stereocenters. The molecule has 4 rings (SSSR count). The lowest BCUT2D eigenvalue weighted by molar-refractivity contribution is 0.0762. The van der Waals surface area contributed by atoms with Crippen LogP contribution in [0.2, 0.25) is 10.2 Å². The second-order valence-corrected chi connectivity index (χ2v) is 7.54. The van der Waals surface area contributed by atoms with Crippen molar-refractivity contribution in [1.29, 1.82) is 0 Å². The molecule has 0 aliphatic carbocycles. The molecule has 0 spiro atoms. The SMILES string of the molecule is Cc1nc2c(c(-c3ccc(Cl)cc3)n1)CCN(C(=O)c1ccc(Cl)nc1)CC2. The van der Waals surface area contributed by atoms with Crippen LogP contribution in [0.5, 0.6) is 0 Å². The molecule has 0 saturated carbocycles. The van der Waals surface area contributed by atoms with Crippen LogP contribution >= 0.6 is 23.2 Å². The number of nitrogens with zero attached hydrogens (tertiary/aromatic N) is 4. The van der Waals surface area contributed by atoms with Crippen LogP contribution in [0.25, 0.3) is 11.3 Å². The number of pyridine rings is 1. The van der Waals surface area contributed by atoms with Crippen LogP contribution < -0.4 is 0 Å². The van der Waals surface area contributed by atoms with Gasteiger partial charge in [-0.3, -0.25) is 4.79 Å². The molecule has 0 bridgehead atoms. The Morgan fingerprint density at radius 1 is 1.00 bits per heavy atom. The van der Waals surface area contributed by atoms with Gasteiger partial charge in [-0.25, -0.2) is 15.0 Å². The molecule has 0 N–H and O–H groups in total. The van der Waals surface area contributed by atoms with E-state index in [9.17, 15) is 4.79 Å². The van der Waals surface area contributed by atoms with E-state index in [2.05, 4.69) is 15.0 Å². The van der Waals surface area contributed by atoms with Crippen LogP contribution in [-0.2, 0) is 12.8 Å². The third kappa shape index (κ3) is 3.86. The van der Waals surface area contributed by atoms with E-state index in [4.69, 9.17) is 23.2 Å². The number of hydrogen-bond donors (Lipinski definition) is 0. The largest absolute Gasteiger partial charge is 0.338 e. The fourth-order valence-electron chi connectivity index (χ4n) is 3.46. The lowest BCUT2D eigenvalue weighted by atomic mass is 10.0. The summed E-state index contributed by atoms with van der Waals surface area (Å²) in [5.74, 6) is 0.681. The van der Waals surface area contributed by atoms with Crippen LogP contribution in [-0.4, -0.2) is 38.8 Å². The summed E-state index contributed by atoms with van der Waals surface area (Å²) in [4.78, 5) is 28.1. The highest BCUT2D eigenvalue weighted by molar-refractivity contribution is 6.30. The number of carbonyl (C=O) groups is 1. The maximum Gasteiger partial charge on any atom is 0.255 e. The summed E-state index contributed by atoms with van der Waals surface area (Å²) >= 11 is 11.9. The number of hydrogen-bond acceptors (Lipinski definition) is 4. The highest BCUT2D eigenvalue weighted by Gasteiger charge is 2.23. The molecule has 28 heavy (non-hydrogen) atoms. The van der Waals surface area contributed by atoms with Crippen molar-refractivity contribution >= 4 is 29.1 Å². The number of aryl methyl sites for hydroxylation is 1. The maximum absolute atomic E-state index is 12.9. The summed E-state index contributed by atoms with van der Waals surface area (Å²) < 4.78 is 0. The van der Waals surface area contributed by atoms with E-state index in [1.807, 2.05) is 36.1 Å². The van der Waals surface area contributed by atoms with E-state index in [1.165, 1.54) is 6.20 Å². The van der Waals surface area contributed by atoms with Crippen molar-refractivity contribution in [2.24, 2.45) is 0 Å². The molecular formula is C21H18Cl2N4O. The van der Waals surface area contributed by atoms with E-state index in [0.29, 0.717) is 41.7 Å². The standard InChI is InChI=1S/C21H18Cl2N4O/c1-13-25-18-9-11-27(21(28)15-4-7-19(23)24-12-15)10-8-17(18)20(26-13)14-2-5-16(22)6-3-14/h2-7,12H,8-11H2,1H3. The average molecular weight is 413 g/mol. The van der Waals surface area contributed by atoms with E-state index in [1.54, 1.807) is 12.1 Å². The molecule has 1 amide bonds. The Morgan fingerprint density at radius 2 is 1.75 bits per heavy atom. The van der Waals surface area contributed by atoms with Gasteiger partial charge in [-0.15, -0.1) is 0 Å². The number of amides is 1. The quantitative estimate of drug-likeness (QED) is 0.585. The summed E-state index contributed by atoms with van der Waals surface area (Å²) in [5.41, 5.74) is 4.56. The van der Waals surface area contributed by atoms with Crippen molar-refractivity contribution in [2.45, 2.75) is 19.8 Å². The van der Waals surface area contributed by atoms with E-state index < -0.39 is 0 Å². The van der Waals surface area contributed by atoms with Gasteiger partial charge < -0.3 is 4.90 Å². The monoisotopic (exact) mass is 412 g/mol. The van der Waals surface area contributed by atoms with Crippen LogP contribution in [0, 0.1) is 6.92 Å². The lowest BCUT2D eigenvalue weighted by Gasteiger charge is -2.20. The summed E-state index contributed by atoms with van der Waals surface area (Å²) in [7, 11) is 0. The smallest absolute Gasteiger partial charge is 0.255 e. The first-order valence-electron chi connectivity index (χ1n) is 9.04. The lowest BCUT2D eigenvalue weighted by Crippen LogP contribution is -2.33. The van der Waals surface area contributed by atoms with Crippen LogP contribution in [0.3, 0.4) is 0 Å². The van der Waals surface area contributed by atoms with Crippen molar-refractivity contribution < 1.29 is 4.79 Å². The third-order valence-electron chi connectivity index (χ3n) is 4.83. The van der Waals surface area contributed by atoms with Crippen molar-refractivity contribution in [2.75, 3.05) is 13.1 Å². The Balaban J connectivity index is 1.63. The first kappa shape index (κ1) is 18.8. The van der Waals surface area contributed by atoms with Gasteiger partial charge >= 0.3 is 0 Å². The van der Waals surface area contributed by atoms with Gasteiger partial charge in [-0.2, -0.15) is 0 Å². The minimum absolute atomic E-state index is 0.0466. The van der Waals surface area contributed by atoms with Crippen LogP contribution in [0.4, 0.5) is 0 Å². The van der Waals surface area contributed by atoms with Crippen LogP contribution in [0.15, 0.2) is 42.6 Å². The Morgan fingerprint density at radius 3 is 2.46 bits per heavy atom. The van der Waals surface area contributed by atoms with Crippen molar-refractivity contribution in [3.8, 4) is 11.3 Å². The fraction of sp³-hybridized carbons (Fsp3) is 0.238. The number of halogens is 2. The summed E-state index contributed by atoms with van der Waals surface area (Å²) in [6.07, 6.45) is 2.90. The van der Waals surface area contributed by atoms with E-state index in [-0.39, 0.29) is 5.91 Å². The molecule has 0 saturated heterocycles. The highest BCUT2D eigenvalue weighted by Crippen LogP contribution is 2.28. The molecule has 5 nitrogen and oxygen atoms in total. The molecule has 1 aliphatic heterocycles. The maximum atomic E-state index is 12.9. The Bertz CT molecular complexity index is 1020. The molecule has 1 aromatic carbocycles. The zero-order chi connectivity index (χ0) is 19.7. The summed E-state index contributed by atoms with van der Waals surface area (Å²) in [5, 5.41) is 1.06. The molecule has 2 aromatic heterocycles. The molecule has 0 radical (unpaired) electrons. The highest BCUT2D eigenvalue weighted by atomic mass is 35.5. The van der Waals surface area contributed by atoms with Crippen molar-refractivity contribution in [3.63, 3.8) is 0 Å². The molecule has 0 atom stereocenters. The molecule has 3 aromatic rings. The van der Waals surface area contributed by atoms with Gasteiger partial charge in [0.05, 0.1) is 11.3 Å². The van der Waals surface area contributed by atoms with Gasteiger partial charge in [-0.05, 0) is 37.6 Å². The zero-order valence-corrected chi connectivity index (χ0v) is 16.8. The normalized spacial score (nSPS) is 13.8. The molecule has 3 heterocycles. The molecule has 142 valence electrons. The van der Waals surface area contributed by atoms with Crippen molar-refractivity contribution in [3.05, 3.63) is 75.4 Å². The summed E-state index contributed by atoms with van der Waals surface area (Å²) in [6, 6.07) is 11.0. The Hall–Kier alpha value is -2.50.